The fourth-order valence-electron chi connectivity index (χ4n) is 1.40. The molecule has 0 radical (unpaired) electrons. The maximum atomic E-state index is 5.72. The van der Waals surface area contributed by atoms with Crippen molar-refractivity contribution in [2.75, 3.05) is 5.84 Å². The van der Waals surface area contributed by atoms with Crippen molar-refractivity contribution in [2.24, 2.45) is 0 Å². The van der Waals surface area contributed by atoms with Crippen molar-refractivity contribution in [2.45, 2.75) is 13.3 Å². The average Bonchev–Trinajstić information content (AvgIpc) is 2.60. The average molecular weight is 220 g/mol. The summed E-state index contributed by atoms with van der Waals surface area (Å²) in [6.45, 7) is 2.12. The molecule has 0 spiro atoms. The van der Waals surface area contributed by atoms with Gasteiger partial charge in [-0.05, 0) is 24.2 Å². The van der Waals surface area contributed by atoms with E-state index in [1.165, 1.54) is 10.2 Å². The van der Waals surface area contributed by atoms with Crippen molar-refractivity contribution >= 4 is 12.2 Å². The van der Waals surface area contributed by atoms with Crippen molar-refractivity contribution < 1.29 is 0 Å². The van der Waals surface area contributed by atoms with Crippen LogP contribution in [0.15, 0.2) is 24.3 Å². The van der Waals surface area contributed by atoms with Crippen LogP contribution in [-0.4, -0.2) is 14.9 Å². The molecule has 15 heavy (non-hydrogen) atoms. The molecule has 0 saturated carbocycles. The highest BCUT2D eigenvalue weighted by Gasteiger charge is 2.05. The first-order valence-electron chi connectivity index (χ1n) is 4.74. The number of aryl methyl sites for hydroxylation is 1. The largest absolute Gasteiger partial charge is 0.335 e. The van der Waals surface area contributed by atoms with Crippen LogP contribution in [0.3, 0.4) is 0 Å². The van der Waals surface area contributed by atoms with Crippen LogP contribution < -0.4 is 5.84 Å². The minimum absolute atomic E-state index is 0.421. The Morgan fingerprint density at radius 1 is 1.40 bits per heavy atom. The molecule has 4 nitrogen and oxygen atoms in total. The summed E-state index contributed by atoms with van der Waals surface area (Å²) in [6.07, 6.45) is 1.02. The monoisotopic (exact) mass is 220 g/mol. The number of aromatic amines is 1. The SMILES string of the molecule is CCc1ccc(-c2n[nH]c(=S)n2N)cc1. The number of H-pyrrole nitrogens is 1. The Hall–Kier alpha value is -1.62. The summed E-state index contributed by atoms with van der Waals surface area (Å²) in [5, 5.41) is 6.72. The van der Waals surface area contributed by atoms with E-state index in [1.807, 2.05) is 12.1 Å². The second kappa shape index (κ2) is 3.86. The highest BCUT2D eigenvalue weighted by molar-refractivity contribution is 7.71. The molecular weight excluding hydrogens is 208 g/mol. The molecule has 1 aromatic heterocycles. The number of hydrogen-bond acceptors (Lipinski definition) is 3. The van der Waals surface area contributed by atoms with E-state index in [0.717, 1.165) is 12.0 Å². The van der Waals surface area contributed by atoms with Crippen LogP contribution in [-0.2, 0) is 6.42 Å². The minimum Gasteiger partial charge on any atom is -0.335 e. The normalized spacial score (nSPS) is 10.5. The Balaban J connectivity index is 2.46. The summed E-state index contributed by atoms with van der Waals surface area (Å²) in [7, 11) is 0. The highest BCUT2D eigenvalue weighted by atomic mass is 32.1. The van der Waals surface area contributed by atoms with Gasteiger partial charge in [-0.15, -0.1) is 0 Å². The zero-order valence-electron chi connectivity index (χ0n) is 8.40. The summed E-state index contributed by atoms with van der Waals surface area (Å²) >= 11 is 4.94. The van der Waals surface area contributed by atoms with Crippen LogP contribution in [0, 0.1) is 4.77 Å². The zero-order chi connectivity index (χ0) is 10.8. The van der Waals surface area contributed by atoms with Gasteiger partial charge in [-0.2, -0.15) is 5.10 Å². The second-order valence-electron chi connectivity index (χ2n) is 3.27. The number of rotatable bonds is 2. The van der Waals surface area contributed by atoms with Crippen LogP contribution in [0.4, 0.5) is 0 Å². The van der Waals surface area contributed by atoms with Gasteiger partial charge in [-0.1, -0.05) is 31.2 Å². The van der Waals surface area contributed by atoms with Gasteiger partial charge in [-0.3, -0.25) is 0 Å². The Labute approximate surface area is 92.7 Å². The van der Waals surface area contributed by atoms with Gasteiger partial charge in [0.2, 0.25) is 4.77 Å². The molecule has 3 N–H and O–H groups in total. The van der Waals surface area contributed by atoms with Crippen molar-refractivity contribution in [1.82, 2.24) is 14.9 Å². The number of benzene rings is 1. The fraction of sp³-hybridized carbons (Fsp3) is 0.200. The van der Waals surface area contributed by atoms with Gasteiger partial charge in [0.1, 0.15) is 0 Å². The van der Waals surface area contributed by atoms with Crippen LogP contribution >= 0.6 is 12.2 Å². The van der Waals surface area contributed by atoms with Gasteiger partial charge >= 0.3 is 0 Å². The Bertz CT molecular complexity index is 509. The molecule has 2 rings (SSSR count). The molecule has 5 heteroatoms. The molecule has 2 aromatic rings. The predicted octanol–water partition coefficient (Wildman–Crippen LogP) is 1.88. The van der Waals surface area contributed by atoms with Gasteiger partial charge in [0.05, 0.1) is 0 Å². The molecule has 0 unspecified atom stereocenters. The number of hydrogen-bond donors (Lipinski definition) is 2. The molecule has 0 saturated heterocycles. The van der Waals surface area contributed by atoms with Crippen LogP contribution in [0.5, 0.6) is 0 Å². The summed E-state index contributed by atoms with van der Waals surface area (Å²) in [6, 6.07) is 8.11. The molecule has 1 aromatic carbocycles. The third kappa shape index (κ3) is 1.78. The van der Waals surface area contributed by atoms with E-state index in [0.29, 0.717) is 10.6 Å². The number of nitrogens with two attached hydrogens (primary N) is 1. The summed E-state index contributed by atoms with van der Waals surface area (Å²) < 4.78 is 1.79. The van der Waals surface area contributed by atoms with Crippen molar-refractivity contribution in [1.29, 1.82) is 0 Å². The van der Waals surface area contributed by atoms with Crippen molar-refractivity contribution in [3.05, 3.63) is 34.6 Å². The quantitative estimate of drug-likeness (QED) is 0.600. The second-order valence-corrected chi connectivity index (χ2v) is 3.66. The van der Waals surface area contributed by atoms with Crippen LogP contribution in [0.25, 0.3) is 11.4 Å². The van der Waals surface area contributed by atoms with E-state index in [-0.39, 0.29) is 0 Å². The lowest BCUT2D eigenvalue weighted by molar-refractivity contribution is 0.984. The fourth-order valence-corrected chi connectivity index (χ4v) is 1.53. The van der Waals surface area contributed by atoms with E-state index < -0.39 is 0 Å². The predicted molar refractivity (Wildman–Crippen MR) is 62.4 cm³/mol. The molecule has 0 aliphatic heterocycles. The number of nitrogens with one attached hydrogen (secondary N) is 1. The summed E-state index contributed by atoms with van der Waals surface area (Å²) in [4.78, 5) is 0. The van der Waals surface area contributed by atoms with Crippen molar-refractivity contribution in [3.63, 3.8) is 0 Å². The zero-order valence-corrected chi connectivity index (χ0v) is 9.21. The smallest absolute Gasteiger partial charge is 0.214 e. The molecule has 78 valence electrons. The standard InChI is InChI=1S/C10H12N4S/c1-2-7-3-5-8(6-4-7)9-12-13-10(15)14(9)11/h3-6H,2,11H2,1H3,(H,13,15). The Morgan fingerprint density at radius 3 is 2.53 bits per heavy atom. The Kier molecular flexibility index (Phi) is 2.55. The van der Waals surface area contributed by atoms with E-state index in [4.69, 9.17) is 18.1 Å². The van der Waals surface area contributed by atoms with E-state index in [2.05, 4.69) is 29.3 Å². The van der Waals surface area contributed by atoms with Crippen molar-refractivity contribution in [3.8, 4) is 11.4 Å². The first-order valence-corrected chi connectivity index (χ1v) is 5.15. The third-order valence-electron chi connectivity index (χ3n) is 2.32. The van der Waals surface area contributed by atoms with E-state index in [1.54, 1.807) is 0 Å². The summed E-state index contributed by atoms with van der Waals surface area (Å²) in [5.41, 5.74) is 2.25. The molecular formula is C10H12N4S. The molecule has 0 aliphatic rings. The van der Waals surface area contributed by atoms with Gasteiger partial charge in [0.15, 0.2) is 5.82 Å². The number of nitrogen functional groups attached to an aromatic ring is 1. The first-order chi connectivity index (χ1) is 7.22. The van der Waals surface area contributed by atoms with E-state index in [9.17, 15) is 0 Å². The van der Waals surface area contributed by atoms with E-state index >= 15 is 0 Å². The molecule has 0 fully saturated rings. The lowest BCUT2D eigenvalue weighted by Crippen LogP contribution is -2.09. The maximum absolute atomic E-state index is 5.72. The molecule has 0 aliphatic carbocycles. The highest BCUT2D eigenvalue weighted by Crippen LogP contribution is 2.16. The molecule has 0 amide bonds. The van der Waals surface area contributed by atoms with Gasteiger partial charge in [0.25, 0.3) is 0 Å². The van der Waals surface area contributed by atoms with Crippen LogP contribution in [0.2, 0.25) is 0 Å². The number of aromatic nitrogens is 3. The lowest BCUT2D eigenvalue weighted by atomic mass is 10.1. The maximum Gasteiger partial charge on any atom is 0.214 e. The van der Waals surface area contributed by atoms with Gasteiger partial charge in [0, 0.05) is 5.56 Å². The molecule has 0 bridgehead atoms. The van der Waals surface area contributed by atoms with Gasteiger partial charge < -0.3 is 5.84 Å². The minimum atomic E-state index is 0.421. The molecule has 1 heterocycles. The number of nitrogens with zero attached hydrogens (tertiary/aromatic N) is 2. The lowest BCUT2D eigenvalue weighted by Gasteiger charge is -2.01. The first kappa shape index (κ1) is 9.92. The topological polar surface area (TPSA) is 59.6 Å². The summed E-state index contributed by atoms with van der Waals surface area (Å²) in [5.74, 6) is 6.38. The third-order valence-corrected chi connectivity index (χ3v) is 2.61. The van der Waals surface area contributed by atoms with Gasteiger partial charge in [-0.25, -0.2) is 9.77 Å². The molecule has 0 atom stereocenters. The van der Waals surface area contributed by atoms with Crippen LogP contribution in [0.1, 0.15) is 12.5 Å². The Morgan fingerprint density at radius 2 is 2.07 bits per heavy atom.